The van der Waals surface area contributed by atoms with E-state index in [1.165, 1.54) is 18.2 Å². The molecule has 1 amide bonds. The summed E-state index contributed by atoms with van der Waals surface area (Å²) in [6.45, 7) is 0.854. The fourth-order valence-electron chi connectivity index (χ4n) is 2.16. The number of ether oxygens (including phenoxy) is 1. The number of pyridine rings is 1. The molecule has 1 N–H and O–H groups in total. The van der Waals surface area contributed by atoms with Gasteiger partial charge in [-0.2, -0.15) is 8.78 Å². The summed E-state index contributed by atoms with van der Waals surface area (Å²) in [6, 6.07) is 9.36. The third-order valence-corrected chi connectivity index (χ3v) is 3.35. The molecule has 1 aromatic carbocycles. The molecule has 1 atom stereocenters. The van der Waals surface area contributed by atoms with Gasteiger partial charge in [0.1, 0.15) is 5.75 Å². The van der Waals surface area contributed by atoms with Crippen LogP contribution in [-0.4, -0.2) is 17.5 Å². The van der Waals surface area contributed by atoms with Gasteiger partial charge in [0.05, 0.1) is 17.3 Å². The van der Waals surface area contributed by atoms with Crippen molar-refractivity contribution in [3.05, 3.63) is 59.4 Å². The van der Waals surface area contributed by atoms with E-state index in [1.54, 1.807) is 12.3 Å². The lowest BCUT2D eigenvalue weighted by atomic mass is 10.1. The first-order valence-corrected chi connectivity index (χ1v) is 7.28. The highest BCUT2D eigenvalue weighted by Gasteiger charge is 2.19. The van der Waals surface area contributed by atoms with E-state index in [-0.39, 0.29) is 17.4 Å². The van der Waals surface area contributed by atoms with Gasteiger partial charge in [-0.3, -0.25) is 9.78 Å². The Labute approximate surface area is 133 Å². The largest absolute Gasteiger partial charge is 0.434 e. The lowest BCUT2D eigenvalue weighted by molar-refractivity contribution is -0.0501. The Bertz CT molecular complexity index is 660. The monoisotopic (exact) mass is 320 g/mol. The van der Waals surface area contributed by atoms with Gasteiger partial charge in [0, 0.05) is 6.20 Å². The van der Waals surface area contributed by atoms with Crippen molar-refractivity contribution in [2.75, 3.05) is 0 Å². The van der Waals surface area contributed by atoms with Gasteiger partial charge >= 0.3 is 6.61 Å². The first-order valence-electron chi connectivity index (χ1n) is 7.28. The quantitative estimate of drug-likeness (QED) is 0.879. The van der Waals surface area contributed by atoms with Crippen molar-refractivity contribution in [3.8, 4) is 5.75 Å². The summed E-state index contributed by atoms with van der Waals surface area (Å²) in [6.07, 6.45) is 2.34. The normalized spacial score (nSPS) is 12.0. The first-order chi connectivity index (χ1) is 11.0. The molecule has 0 fully saturated rings. The van der Waals surface area contributed by atoms with Crippen LogP contribution in [0.3, 0.4) is 0 Å². The highest BCUT2D eigenvalue weighted by Crippen LogP contribution is 2.22. The molecule has 0 aliphatic carbocycles. The second kappa shape index (κ2) is 7.67. The van der Waals surface area contributed by atoms with Crippen molar-refractivity contribution >= 4 is 5.91 Å². The molecule has 6 heteroatoms. The lowest BCUT2D eigenvalue weighted by Crippen LogP contribution is -2.29. The van der Waals surface area contributed by atoms with Crippen LogP contribution in [0.25, 0.3) is 0 Å². The van der Waals surface area contributed by atoms with E-state index in [0.29, 0.717) is 6.42 Å². The van der Waals surface area contributed by atoms with Gasteiger partial charge in [-0.15, -0.1) is 0 Å². The van der Waals surface area contributed by atoms with Crippen LogP contribution in [0, 0.1) is 6.92 Å². The van der Waals surface area contributed by atoms with E-state index in [9.17, 15) is 13.6 Å². The number of nitrogens with zero attached hydrogens (tertiary/aromatic N) is 1. The highest BCUT2D eigenvalue weighted by atomic mass is 19.3. The number of aryl methyl sites for hydroxylation is 1. The van der Waals surface area contributed by atoms with E-state index in [4.69, 9.17) is 0 Å². The predicted molar refractivity (Wildman–Crippen MR) is 82.5 cm³/mol. The molecule has 0 saturated heterocycles. The van der Waals surface area contributed by atoms with Crippen molar-refractivity contribution in [2.45, 2.75) is 32.9 Å². The first kappa shape index (κ1) is 16.9. The molecule has 0 aliphatic heterocycles. The number of carbonyl (C=O) groups is 1. The number of nitrogens with one attached hydrogen (secondary N) is 1. The van der Waals surface area contributed by atoms with Crippen LogP contribution in [0.4, 0.5) is 8.78 Å². The van der Waals surface area contributed by atoms with Crippen LogP contribution in [0.2, 0.25) is 0 Å². The van der Waals surface area contributed by atoms with E-state index in [1.807, 2.05) is 26.0 Å². The zero-order valence-electron chi connectivity index (χ0n) is 12.9. The van der Waals surface area contributed by atoms with Gasteiger partial charge < -0.3 is 10.1 Å². The Morgan fingerprint density at radius 3 is 2.61 bits per heavy atom. The Morgan fingerprint density at radius 1 is 1.26 bits per heavy atom. The van der Waals surface area contributed by atoms with E-state index >= 15 is 0 Å². The maximum Gasteiger partial charge on any atom is 0.387 e. The Morgan fingerprint density at radius 2 is 2.00 bits per heavy atom. The van der Waals surface area contributed by atoms with E-state index in [0.717, 1.165) is 11.3 Å². The Hall–Kier alpha value is -2.50. The zero-order chi connectivity index (χ0) is 16.8. The molecule has 0 bridgehead atoms. The molecule has 0 spiro atoms. The van der Waals surface area contributed by atoms with Crippen molar-refractivity contribution in [1.29, 1.82) is 0 Å². The molecular weight excluding hydrogens is 302 g/mol. The van der Waals surface area contributed by atoms with Gasteiger partial charge in [0.15, 0.2) is 0 Å². The van der Waals surface area contributed by atoms with Crippen LogP contribution >= 0.6 is 0 Å². The van der Waals surface area contributed by atoms with Crippen LogP contribution in [-0.2, 0) is 0 Å². The van der Waals surface area contributed by atoms with Gasteiger partial charge in [-0.25, -0.2) is 0 Å². The molecule has 122 valence electrons. The van der Waals surface area contributed by atoms with Crippen LogP contribution in [0.5, 0.6) is 5.75 Å². The van der Waals surface area contributed by atoms with Crippen molar-refractivity contribution in [2.24, 2.45) is 0 Å². The number of halogens is 2. The summed E-state index contributed by atoms with van der Waals surface area (Å²) in [7, 11) is 0. The van der Waals surface area contributed by atoms with Gasteiger partial charge in [-0.05, 0) is 37.1 Å². The summed E-state index contributed by atoms with van der Waals surface area (Å²) < 4.78 is 29.3. The van der Waals surface area contributed by atoms with E-state index < -0.39 is 12.5 Å². The molecule has 23 heavy (non-hydrogen) atoms. The van der Waals surface area contributed by atoms with Crippen LogP contribution in [0.1, 0.15) is 41.0 Å². The molecule has 1 unspecified atom stereocenters. The van der Waals surface area contributed by atoms with Crippen molar-refractivity contribution in [3.63, 3.8) is 0 Å². The summed E-state index contributed by atoms with van der Waals surface area (Å²) in [5.74, 6) is -0.623. The smallest absolute Gasteiger partial charge is 0.387 e. The fourth-order valence-corrected chi connectivity index (χ4v) is 2.16. The summed E-state index contributed by atoms with van der Waals surface area (Å²) in [4.78, 5) is 16.7. The molecule has 2 rings (SSSR count). The van der Waals surface area contributed by atoms with Crippen molar-refractivity contribution in [1.82, 2.24) is 10.3 Å². The average Bonchev–Trinajstić information content (AvgIpc) is 2.53. The minimum Gasteiger partial charge on any atom is -0.434 e. The van der Waals surface area contributed by atoms with Gasteiger partial charge in [-0.1, -0.05) is 25.1 Å². The molecule has 4 nitrogen and oxygen atoms in total. The predicted octanol–water partition coefficient (Wildman–Crippen LogP) is 3.87. The minimum atomic E-state index is -2.98. The minimum absolute atomic E-state index is 0.0679. The van der Waals surface area contributed by atoms with E-state index in [2.05, 4.69) is 15.0 Å². The maximum absolute atomic E-state index is 12.4. The number of hydrogen-bond acceptors (Lipinski definition) is 3. The molecule has 2 aromatic rings. The second-order valence-electron chi connectivity index (χ2n) is 5.07. The third kappa shape index (κ3) is 4.48. The molecule has 0 aliphatic rings. The standard InChI is InChI=1S/C17H18F2N2O2/c1-3-13(14-9-8-11(2)10-20-14)21-16(22)12-6-4-5-7-15(12)23-17(18)19/h4-10,13,17H,3H2,1-2H3,(H,21,22). The van der Waals surface area contributed by atoms with Crippen molar-refractivity contribution < 1.29 is 18.3 Å². The number of carbonyl (C=O) groups excluding carboxylic acids is 1. The average molecular weight is 320 g/mol. The summed E-state index contributed by atoms with van der Waals surface area (Å²) in [5, 5.41) is 2.81. The molecule has 0 saturated carbocycles. The summed E-state index contributed by atoms with van der Waals surface area (Å²) >= 11 is 0. The van der Waals surface area contributed by atoms with Crippen LogP contribution in [0.15, 0.2) is 42.6 Å². The number of benzene rings is 1. The third-order valence-electron chi connectivity index (χ3n) is 3.35. The summed E-state index contributed by atoms with van der Waals surface area (Å²) in [5.41, 5.74) is 1.81. The van der Waals surface area contributed by atoms with Gasteiger partial charge in [0.25, 0.3) is 5.91 Å². The maximum atomic E-state index is 12.4. The number of alkyl halides is 2. The molecule has 0 radical (unpaired) electrons. The number of hydrogen-bond donors (Lipinski definition) is 1. The lowest BCUT2D eigenvalue weighted by Gasteiger charge is -2.18. The second-order valence-corrected chi connectivity index (χ2v) is 5.07. The highest BCUT2D eigenvalue weighted by molar-refractivity contribution is 5.97. The fraction of sp³-hybridized carbons (Fsp3) is 0.294. The Balaban J connectivity index is 2.18. The zero-order valence-corrected chi connectivity index (χ0v) is 12.9. The van der Waals surface area contributed by atoms with Crippen LogP contribution < -0.4 is 10.1 Å². The number of para-hydroxylation sites is 1. The number of rotatable bonds is 6. The topological polar surface area (TPSA) is 51.2 Å². The molecule has 1 aromatic heterocycles. The van der Waals surface area contributed by atoms with Gasteiger partial charge in [0.2, 0.25) is 0 Å². The number of aromatic nitrogens is 1. The SMILES string of the molecule is CCC(NC(=O)c1ccccc1OC(F)F)c1ccc(C)cn1. The molecular formula is C17H18F2N2O2. The Kier molecular flexibility index (Phi) is 5.62. The number of amides is 1. The molecule has 1 heterocycles.